The lowest BCUT2D eigenvalue weighted by atomic mass is 10.1. The van der Waals surface area contributed by atoms with Crippen molar-refractivity contribution >= 4 is 20.7 Å². The number of hydrogen-bond donors (Lipinski definition) is 2. The molecular formula is C24H24N4O4S. The van der Waals surface area contributed by atoms with Gasteiger partial charge in [-0.25, -0.2) is 13.4 Å². The van der Waals surface area contributed by atoms with E-state index < -0.39 is 9.84 Å². The van der Waals surface area contributed by atoms with Gasteiger partial charge in [0.1, 0.15) is 12.4 Å². The summed E-state index contributed by atoms with van der Waals surface area (Å²) in [6.07, 6.45) is 3.55. The highest BCUT2D eigenvalue weighted by Crippen LogP contribution is 2.27. The Morgan fingerprint density at radius 1 is 1.15 bits per heavy atom. The van der Waals surface area contributed by atoms with E-state index in [9.17, 15) is 13.2 Å². The van der Waals surface area contributed by atoms with Crippen molar-refractivity contribution < 1.29 is 13.2 Å². The summed E-state index contributed by atoms with van der Waals surface area (Å²) in [7, 11) is -3.56. The number of benzene rings is 2. The molecule has 0 radical (unpaired) electrons. The van der Waals surface area contributed by atoms with Crippen LogP contribution in [0.2, 0.25) is 0 Å². The standard InChI is InChI=1S/C24H24N4O4S/c1-33(30,31)24-26-22-9-10-28(14-20(22)23(29)27-24)13-17-12-25-21-8-7-18(11-19(17)21)32-15-16-5-3-2-4-6-16/h2-8,11-12,25H,9-10,13-15H2,1H3,(H,26,27,29). The van der Waals surface area contributed by atoms with Crippen molar-refractivity contribution in [3.05, 3.63) is 87.5 Å². The van der Waals surface area contributed by atoms with E-state index in [4.69, 9.17) is 4.74 Å². The number of H-pyrrole nitrogens is 2. The zero-order valence-corrected chi connectivity index (χ0v) is 19.0. The monoisotopic (exact) mass is 464 g/mol. The van der Waals surface area contributed by atoms with Gasteiger partial charge in [0.25, 0.3) is 5.56 Å². The maximum atomic E-state index is 12.5. The topological polar surface area (TPSA) is 108 Å². The lowest BCUT2D eigenvalue weighted by Gasteiger charge is -2.27. The third kappa shape index (κ3) is 4.55. The molecule has 0 atom stereocenters. The predicted molar refractivity (Wildman–Crippen MR) is 125 cm³/mol. The van der Waals surface area contributed by atoms with Crippen molar-refractivity contribution in [1.82, 2.24) is 19.9 Å². The lowest BCUT2D eigenvalue weighted by Crippen LogP contribution is -2.36. The molecular weight excluding hydrogens is 440 g/mol. The summed E-state index contributed by atoms with van der Waals surface area (Å²) in [6, 6.07) is 16.0. The van der Waals surface area contributed by atoms with E-state index in [1.165, 1.54) is 0 Å². The first-order valence-corrected chi connectivity index (χ1v) is 12.6. The van der Waals surface area contributed by atoms with Gasteiger partial charge in [-0.3, -0.25) is 14.7 Å². The van der Waals surface area contributed by atoms with Crippen LogP contribution >= 0.6 is 0 Å². The van der Waals surface area contributed by atoms with Gasteiger partial charge >= 0.3 is 0 Å². The average molecular weight is 465 g/mol. The zero-order chi connectivity index (χ0) is 23.0. The molecule has 33 heavy (non-hydrogen) atoms. The molecule has 5 rings (SSSR count). The number of aromatic nitrogens is 3. The van der Waals surface area contributed by atoms with Crippen molar-refractivity contribution in [2.75, 3.05) is 12.8 Å². The molecule has 0 amide bonds. The Balaban J connectivity index is 1.34. The molecule has 0 spiro atoms. The number of sulfone groups is 1. The maximum Gasteiger partial charge on any atom is 0.256 e. The van der Waals surface area contributed by atoms with Gasteiger partial charge < -0.3 is 9.72 Å². The molecule has 2 aromatic heterocycles. The number of nitrogens with one attached hydrogen (secondary N) is 2. The predicted octanol–water partition coefficient (Wildman–Crippen LogP) is 2.79. The van der Waals surface area contributed by atoms with Gasteiger partial charge in [0.2, 0.25) is 15.0 Å². The summed E-state index contributed by atoms with van der Waals surface area (Å²) in [4.78, 5) is 24.6. The minimum absolute atomic E-state index is 0.264. The Bertz CT molecular complexity index is 1480. The first kappa shape index (κ1) is 21.4. The highest BCUT2D eigenvalue weighted by molar-refractivity contribution is 7.90. The molecule has 0 aliphatic carbocycles. The van der Waals surface area contributed by atoms with Gasteiger partial charge in [0.05, 0.1) is 11.3 Å². The summed E-state index contributed by atoms with van der Waals surface area (Å²) >= 11 is 0. The first-order valence-electron chi connectivity index (χ1n) is 10.7. The molecule has 0 fully saturated rings. The summed E-state index contributed by atoms with van der Waals surface area (Å²) in [5, 5.41) is 0.810. The van der Waals surface area contributed by atoms with Crippen molar-refractivity contribution in [2.24, 2.45) is 0 Å². The van der Waals surface area contributed by atoms with Gasteiger partial charge in [0, 0.05) is 49.4 Å². The van der Waals surface area contributed by atoms with Crippen LogP contribution in [0.3, 0.4) is 0 Å². The summed E-state index contributed by atoms with van der Waals surface area (Å²) < 4.78 is 29.5. The fraction of sp³-hybridized carbons (Fsp3) is 0.250. The summed E-state index contributed by atoms with van der Waals surface area (Å²) in [5.41, 5.74) is 3.94. The highest BCUT2D eigenvalue weighted by Gasteiger charge is 2.24. The molecule has 1 aliphatic heterocycles. The second-order valence-corrected chi connectivity index (χ2v) is 10.3. The number of hydrogen-bond acceptors (Lipinski definition) is 6. The summed E-state index contributed by atoms with van der Waals surface area (Å²) in [6.45, 7) is 2.25. The largest absolute Gasteiger partial charge is 0.489 e. The van der Waals surface area contributed by atoms with E-state index in [1.54, 1.807) is 0 Å². The van der Waals surface area contributed by atoms with Gasteiger partial charge in [0.15, 0.2) is 0 Å². The van der Waals surface area contributed by atoms with Crippen molar-refractivity contribution in [2.45, 2.75) is 31.3 Å². The van der Waals surface area contributed by atoms with Gasteiger partial charge in [-0.2, -0.15) is 0 Å². The maximum absolute atomic E-state index is 12.5. The lowest BCUT2D eigenvalue weighted by molar-refractivity contribution is 0.241. The molecule has 0 unspecified atom stereocenters. The van der Waals surface area contributed by atoms with E-state index in [-0.39, 0.29) is 10.7 Å². The van der Waals surface area contributed by atoms with Gasteiger partial charge in [-0.15, -0.1) is 0 Å². The van der Waals surface area contributed by atoms with Gasteiger partial charge in [-0.1, -0.05) is 30.3 Å². The molecule has 1 aliphatic rings. The van der Waals surface area contributed by atoms with Crippen LogP contribution in [0.15, 0.2) is 64.7 Å². The number of ether oxygens (including phenoxy) is 1. The second kappa shape index (κ2) is 8.49. The Kier molecular flexibility index (Phi) is 5.51. The summed E-state index contributed by atoms with van der Waals surface area (Å²) in [5.74, 6) is 0.796. The molecule has 4 aromatic rings. The van der Waals surface area contributed by atoms with Crippen LogP contribution in [0.1, 0.15) is 22.4 Å². The van der Waals surface area contributed by atoms with E-state index in [0.29, 0.717) is 43.9 Å². The molecule has 0 saturated heterocycles. The third-order valence-corrected chi connectivity index (χ3v) is 6.75. The highest BCUT2D eigenvalue weighted by atomic mass is 32.2. The van der Waals surface area contributed by atoms with Crippen LogP contribution in [0.5, 0.6) is 5.75 Å². The molecule has 2 aromatic carbocycles. The second-order valence-electron chi connectivity index (χ2n) is 8.32. The first-order chi connectivity index (χ1) is 15.9. The van der Waals surface area contributed by atoms with Crippen LogP contribution in [0.4, 0.5) is 0 Å². The molecule has 3 heterocycles. The van der Waals surface area contributed by atoms with E-state index in [2.05, 4.69) is 19.9 Å². The van der Waals surface area contributed by atoms with Crippen molar-refractivity contribution in [3.63, 3.8) is 0 Å². The van der Waals surface area contributed by atoms with Crippen LogP contribution < -0.4 is 10.3 Å². The number of aromatic amines is 2. The number of rotatable bonds is 6. The number of fused-ring (bicyclic) bond motifs is 2. The van der Waals surface area contributed by atoms with Crippen LogP contribution in [-0.4, -0.2) is 41.1 Å². The number of nitrogens with zero attached hydrogens (tertiary/aromatic N) is 2. The Labute approximate surface area is 191 Å². The van der Waals surface area contributed by atoms with Crippen LogP contribution in [-0.2, 0) is 36.0 Å². The Morgan fingerprint density at radius 2 is 1.97 bits per heavy atom. The molecule has 0 saturated carbocycles. The molecule has 0 bridgehead atoms. The fourth-order valence-electron chi connectivity index (χ4n) is 4.13. The van der Waals surface area contributed by atoms with Crippen molar-refractivity contribution in [3.8, 4) is 5.75 Å². The fourth-order valence-corrected chi connectivity index (χ4v) is 4.68. The minimum atomic E-state index is -3.56. The van der Waals surface area contributed by atoms with Crippen LogP contribution in [0.25, 0.3) is 10.9 Å². The quantitative estimate of drug-likeness (QED) is 0.425. The van der Waals surface area contributed by atoms with E-state index >= 15 is 0 Å². The SMILES string of the molecule is CS(=O)(=O)c1nc2c(c(=O)[nH]1)CN(Cc1c[nH]c3ccc(OCc4ccccc4)cc13)CC2. The zero-order valence-electron chi connectivity index (χ0n) is 18.2. The average Bonchev–Trinajstić information content (AvgIpc) is 3.20. The normalized spacial score (nSPS) is 14.3. The molecule has 2 N–H and O–H groups in total. The smallest absolute Gasteiger partial charge is 0.256 e. The molecule has 8 nitrogen and oxygen atoms in total. The molecule has 170 valence electrons. The van der Waals surface area contributed by atoms with E-state index in [0.717, 1.165) is 34.0 Å². The third-order valence-electron chi connectivity index (χ3n) is 5.86. The van der Waals surface area contributed by atoms with Crippen LogP contribution in [0, 0.1) is 0 Å². The van der Waals surface area contributed by atoms with Crippen molar-refractivity contribution in [1.29, 1.82) is 0 Å². The molecule has 9 heteroatoms. The Hall–Kier alpha value is -3.43. The van der Waals surface area contributed by atoms with Gasteiger partial charge in [-0.05, 0) is 29.3 Å². The Morgan fingerprint density at radius 3 is 2.76 bits per heavy atom. The van der Waals surface area contributed by atoms with E-state index in [1.807, 2.05) is 54.7 Å². The minimum Gasteiger partial charge on any atom is -0.489 e.